The van der Waals surface area contributed by atoms with Gasteiger partial charge in [-0.25, -0.2) is 4.98 Å². The van der Waals surface area contributed by atoms with Gasteiger partial charge in [0.05, 0.1) is 23.7 Å². The molecule has 1 unspecified atom stereocenters. The SMILES string of the molecule is CCCNCC(O)Cn1c(=O)c(C)nc2ccccc21. The van der Waals surface area contributed by atoms with Crippen LogP contribution in [0.15, 0.2) is 29.1 Å². The average molecular weight is 275 g/mol. The largest absolute Gasteiger partial charge is 0.390 e. The molecule has 0 aliphatic heterocycles. The molecular weight excluding hydrogens is 254 g/mol. The number of hydrogen-bond acceptors (Lipinski definition) is 4. The Bertz CT molecular complexity index is 637. The second kappa shape index (κ2) is 6.63. The molecule has 0 aliphatic rings. The molecular formula is C15H21N3O2. The summed E-state index contributed by atoms with van der Waals surface area (Å²) in [5, 5.41) is 13.2. The number of aliphatic hydroxyl groups is 1. The van der Waals surface area contributed by atoms with E-state index in [1.54, 1.807) is 11.5 Å². The predicted octanol–water partition coefficient (Wildman–Crippen LogP) is 1.07. The van der Waals surface area contributed by atoms with Crippen LogP contribution in [0.2, 0.25) is 0 Å². The van der Waals surface area contributed by atoms with E-state index in [4.69, 9.17) is 0 Å². The molecule has 0 fully saturated rings. The van der Waals surface area contributed by atoms with Crippen molar-refractivity contribution in [3.8, 4) is 0 Å². The monoisotopic (exact) mass is 275 g/mol. The van der Waals surface area contributed by atoms with Gasteiger partial charge in [-0.3, -0.25) is 4.79 Å². The minimum Gasteiger partial charge on any atom is -0.390 e. The van der Waals surface area contributed by atoms with E-state index in [0.29, 0.717) is 12.2 Å². The van der Waals surface area contributed by atoms with Crippen molar-refractivity contribution in [2.75, 3.05) is 13.1 Å². The van der Waals surface area contributed by atoms with E-state index in [2.05, 4.69) is 17.2 Å². The zero-order valence-electron chi connectivity index (χ0n) is 12.0. The molecule has 2 rings (SSSR count). The van der Waals surface area contributed by atoms with Crippen LogP contribution in [0.4, 0.5) is 0 Å². The molecule has 0 saturated heterocycles. The van der Waals surface area contributed by atoms with E-state index in [-0.39, 0.29) is 12.1 Å². The molecule has 0 saturated carbocycles. The van der Waals surface area contributed by atoms with Crippen LogP contribution in [0.3, 0.4) is 0 Å². The number of nitrogens with zero attached hydrogens (tertiary/aromatic N) is 2. The normalized spacial score (nSPS) is 12.8. The van der Waals surface area contributed by atoms with Crippen molar-refractivity contribution in [2.24, 2.45) is 0 Å². The van der Waals surface area contributed by atoms with Crippen LogP contribution in [0, 0.1) is 6.92 Å². The molecule has 0 bridgehead atoms. The molecule has 1 atom stereocenters. The maximum absolute atomic E-state index is 12.2. The van der Waals surface area contributed by atoms with Gasteiger partial charge in [0.15, 0.2) is 0 Å². The van der Waals surface area contributed by atoms with E-state index >= 15 is 0 Å². The number of para-hydroxylation sites is 2. The summed E-state index contributed by atoms with van der Waals surface area (Å²) in [6.07, 6.45) is 0.425. The van der Waals surface area contributed by atoms with Gasteiger partial charge in [-0.05, 0) is 32.0 Å². The van der Waals surface area contributed by atoms with Gasteiger partial charge in [-0.15, -0.1) is 0 Å². The van der Waals surface area contributed by atoms with Gasteiger partial charge in [0.1, 0.15) is 5.69 Å². The van der Waals surface area contributed by atoms with Gasteiger partial charge in [-0.1, -0.05) is 19.1 Å². The molecule has 5 nitrogen and oxygen atoms in total. The topological polar surface area (TPSA) is 67.2 Å². The van der Waals surface area contributed by atoms with Crippen molar-refractivity contribution in [1.82, 2.24) is 14.9 Å². The maximum atomic E-state index is 12.2. The fraction of sp³-hybridized carbons (Fsp3) is 0.467. The Morgan fingerprint density at radius 1 is 1.40 bits per heavy atom. The van der Waals surface area contributed by atoms with Crippen LogP contribution in [0.25, 0.3) is 11.0 Å². The molecule has 2 aromatic rings. The summed E-state index contributed by atoms with van der Waals surface area (Å²) in [6.45, 7) is 5.40. The Labute approximate surface area is 118 Å². The van der Waals surface area contributed by atoms with Crippen molar-refractivity contribution >= 4 is 11.0 Å². The Kier molecular flexibility index (Phi) is 4.87. The summed E-state index contributed by atoms with van der Waals surface area (Å²) in [4.78, 5) is 16.5. The molecule has 0 aliphatic carbocycles. The lowest BCUT2D eigenvalue weighted by Gasteiger charge is -2.16. The van der Waals surface area contributed by atoms with Crippen molar-refractivity contribution < 1.29 is 5.11 Å². The summed E-state index contributed by atoms with van der Waals surface area (Å²) >= 11 is 0. The standard InChI is InChI=1S/C15H21N3O2/c1-3-8-16-9-12(19)10-18-14-7-5-4-6-13(14)17-11(2)15(18)20/h4-7,12,16,19H,3,8-10H2,1-2H3. The number of aryl methyl sites for hydroxylation is 1. The summed E-state index contributed by atoms with van der Waals surface area (Å²) in [6, 6.07) is 7.50. The van der Waals surface area contributed by atoms with Crippen molar-refractivity contribution in [1.29, 1.82) is 0 Å². The highest BCUT2D eigenvalue weighted by atomic mass is 16.3. The number of nitrogens with one attached hydrogen (secondary N) is 1. The summed E-state index contributed by atoms with van der Waals surface area (Å²) in [5.41, 5.74) is 1.85. The minimum absolute atomic E-state index is 0.141. The molecule has 20 heavy (non-hydrogen) atoms. The number of benzene rings is 1. The Hall–Kier alpha value is -1.72. The zero-order valence-corrected chi connectivity index (χ0v) is 12.0. The second-order valence-corrected chi connectivity index (χ2v) is 4.96. The van der Waals surface area contributed by atoms with Crippen LogP contribution >= 0.6 is 0 Å². The first-order chi connectivity index (χ1) is 9.63. The van der Waals surface area contributed by atoms with Crippen molar-refractivity contribution in [3.63, 3.8) is 0 Å². The molecule has 0 spiro atoms. The fourth-order valence-corrected chi connectivity index (χ4v) is 2.22. The Morgan fingerprint density at radius 3 is 2.90 bits per heavy atom. The third-order valence-electron chi connectivity index (χ3n) is 3.22. The molecule has 108 valence electrons. The minimum atomic E-state index is -0.593. The summed E-state index contributed by atoms with van der Waals surface area (Å²) in [5.74, 6) is 0. The Balaban J connectivity index is 2.28. The van der Waals surface area contributed by atoms with Crippen LogP contribution in [0.1, 0.15) is 19.0 Å². The lowest BCUT2D eigenvalue weighted by atomic mass is 10.2. The third-order valence-corrected chi connectivity index (χ3v) is 3.22. The predicted molar refractivity (Wildman–Crippen MR) is 79.9 cm³/mol. The molecule has 5 heteroatoms. The summed E-state index contributed by atoms with van der Waals surface area (Å²) in [7, 11) is 0. The smallest absolute Gasteiger partial charge is 0.272 e. The average Bonchev–Trinajstić information content (AvgIpc) is 2.44. The van der Waals surface area contributed by atoms with E-state index in [1.807, 2.05) is 24.3 Å². The van der Waals surface area contributed by atoms with Crippen molar-refractivity contribution in [3.05, 3.63) is 40.3 Å². The number of fused-ring (bicyclic) bond motifs is 1. The maximum Gasteiger partial charge on any atom is 0.272 e. The van der Waals surface area contributed by atoms with Gasteiger partial charge < -0.3 is 15.0 Å². The second-order valence-electron chi connectivity index (χ2n) is 4.96. The molecule has 2 N–H and O–H groups in total. The van der Waals surface area contributed by atoms with Gasteiger partial charge in [0.2, 0.25) is 0 Å². The lowest BCUT2D eigenvalue weighted by Crippen LogP contribution is -2.35. The molecule has 1 heterocycles. The van der Waals surface area contributed by atoms with Gasteiger partial charge in [0.25, 0.3) is 5.56 Å². The van der Waals surface area contributed by atoms with Gasteiger partial charge >= 0.3 is 0 Å². The van der Waals surface area contributed by atoms with Crippen LogP contribution in [0.5, 0.6) is 0 Å². The van der Waals surface area contributed by atoms with Crippen LogP contribution < -0.4 is 10.9 Å². The Morgan fingerprint density at radius 2 is 2.15 bits per heavy atom. The van der Waals surface area contributed by atoms with E-state index in [1.165, 1.54) is 0 Å². The molecule has 1 aromatic carbocycles. The van der Waals surface area contributed by atoms with Gasteiger partial charge in [-0.2, -0.15) is 0 Å². The summed E-state index contributed by atoms with van der Waals surface area (Å²) < 4.78 is 1.61. The molecule has 0 radical (unpaired) electrons. The first-order valence-electron chi connectivity index (χ1n) is 6.98. The highest BCUT2D eigenvalue weighted by molar-refractivity contribution is 5.74. The zero-order chi connectivity index (χ0) is 14.5. The number of hydrogen-bond donors (Lipinski definition) is 2. The number of aromatic nitrogens is 2. The highest BCUT2D eigenvalue weighted by Gasteiger charge is 2.11. The molecule has 1 aromatic heterocycles. The van der Waals surface area contributed by atoms with Gasteiger partial charge in [0, 0.05) is 6.54 Å². The number of rotatable bonds is 6. The highest BCUT2D eigenvalue weighted by Crippen LogP contribution is 2.10. The van der Waals surface area contributed by atoms with Crippen molar-refractivity contribution in [2.45, 2.75) is 32.9 Å². The van der Waals surface area contributed by atoms with E-state index in [9.17, 15) is 9.90 Å². The van der Waals surface area contributed by atoms with E-state index in [0.717, 1.165) is 24.0 Å². The first-order valence-corrected chi connectivity index (χ1v) is 6.98. The lowest BCUT2D eigenvalue weighted by molar-refractivity contribution is 0.152. The van der Waals surface area contributed by atoms with E-state index < -0.39 is 6.10 Å². The van der Waals surface area contributed by atoms with Crippen LogP contribution in [-0.4, -0.2) is 33.9 Å². The first kappa shape index (κ1) is 14.7. The molecule has 0 amide bonds. The third kappa shape index (κ3) is 3.23. The quantitative estimate of drug-likeness (QED) is 0.774. The fourth-order valence-electron chi connectivity index (χ4n) is 2.22. The number of aliphatic hydroxyl groups excluding tert-OH is 1. The van der Waals surface area contributed by atoms with Crippen LogP contribution in [-0.2, 0) is 6.54 Å².